The predicted octanol–water partition coefficient (Wildman–Crippen LogP) is 4.32. The zero-order valence-corrected chi connectivity index (χ0v) is 18.8. The van der Waals surface area contributed by atoms with Gasteiger partial charge in [-0.2, -0.15) is 0 Å². The molecular weight excluding hydrogens is 460 g/mol. The van der Waals surface area contributed by atoms with E-state index in [0.717, 1.165) is 11.6 Å². The standard InChI is InChI=1S/C24H19F2N5O2S/c1-14(16-6-2-3-7-17(16)25)21-18(26)9-10-20-23(21)30-24(31-34(20,32)33)29-13-15-5-4-8-19-22(15)28-12-11-27-19/h2-12,14H,13H2,1H3,(H2,29,30,31). The highest BCUT2D eigenvalue weighted by Gasteiger charge is 2.32. The minimum Gasteiger partial charge on any atom is -0.324 e. The lowest BCUT2D eigenvalue weighted by Gasteiger charge is -2.26. The number of aliphatic imine (C=N–C) groups is 1. The fourth-order valence-corrected chi connectivity index (χ4v) is 5.23. The van der Waals surface area contributed by atoms with Crippen molar-refractivity contribution in [3.63, 3.8) is 0 Å². The maximum absolute atomic E-state index is 15.0. The summed E-state index contributed by atoms with van der Waals surface area (Å²) < 4.78 is 57.7. The molecule has 1 atom stereocenters. The first-order valence-electron chi connectivity index (χ1n) is 10.4. The van der Waals surface area contributed by atoms with E-state index < -0.39 is 27.6 Å². The molecule has 0 saturated heterocycles. The summed E-state index contributed by atoms with van der Waals surface area (Å²) in [6.07, 6.45) is 3.15. The quantitative estimate of drug-likeness (QED) is 0.455. The second-order valence-corrected chi connectivity index (χ2v) is 9.46. The number of sulfonamides is 1. The van der Waals surface area contributed by atoms with E-state index in [1.54, 1.807) is 31.5 Å². The van der Waals surface area contributed by atoms with Crippen molar-refractivity contribution in [2.75, 3.05) is 5.32 Å². The molecule has 0 amide bonds. The van der Waals surface area contributed by atoms with Gasteiger partial charge in [-0.25, -0.2) is 26.9 Å². The fraction of sp³-hybridized carbons (Fsp3) is 0.125. The molecule has 0 spiro atoms. The van der Waals surface area contributed by atoms with Crippen LogP contribution in [0.2, 0.25) is 0 Å². The molecule has 1 aliphatic heterocycles. The molecule has 1 unspecified atom stereocenters. The molecule has 2 heterocycles. The van der Waals surface area contributed by atoms with Gasteiger partial charge in [0.2, 0.25) is 5.96 Å². The Labute approximate surface area is 194 Å². The number of aromatic nitrogens is 2. The third-order valence-electron chi connectivity index (χ3n) is 5.71. The number of nitrogens with zero attached hydrogens (tertiary/aromatic N) is 3. The summed E-state index contributed by atoms with van der Waals surface area (Å²) in [5, 5.41) is 2.91. The molecule has 0 fully saturated rings. The van der Waals surface area contributed by atoms with Crippen LogP contribution in [0, 0.1) is 11.6 Å². The van der Waals surface area contributed by atoms with E-state index in [0.29, 0.717) is 11.0 Å². The fourth-order valence-electron chi connectivity index (χ4n) is 4.07. The van der Waals surface area contributed by atoms with Crippen molar-refractivity contribution in [2.45, 2.75) is 24.3 Å². The molecule has 2 N–H and O–H groups in total. The SMILES string of the molecule is CC(c1ccccc1F)c1c(F)ccc2c1NC(=NCc1cccc3nccnc13)NS2(=O)=O. The van der Waals surface area contributed by atoms with E-state index in [1.807, 2.05) is 18.2 Å². The van der Waals surface area contributed by atoms with E-state index in [-0.39, 0.29) is 34.2 Å². The highest BCUT2D eigenvalue weighted by Crippen LogP contribution is 2.38. The van der Waals surface area contributed by atoms with Crippen LogP contribution in [0.25, 0.3) is 11.0 Å². The zero-order valence-electron chi connectivity index (χ0n) is 18.0. The van der Waals surface area contributed by atoms with E-state index in [4.69, 9.17) is 0 Å². The zero-order chi connectivity index (χ0) is 23.9. The molecule has 4 aromatic rings. The minimum absolute atomic E-state index is 0.0333. The van der Waals surface area contributed by atoms with Gasteiger partial charge in [-0.1, -0.05) is 37.3 Å². The van der Waals surface area contributed by atoms with Crippen LogP contribution in [0.4, 0.5) is 14.5 Å². The summed E-state index contributed by atoms with van der Waals surface area (Å²) in [4.78, 5) is 12.8. The Morgan fingerprint density at radius 3 is 2.59 bits per heavy atom. The van der Waals surface area contributed by atoms with Crippen molar-refractivity contribution in [2.24, 2.45) is 4.99 Å². The number of anilines is 1. The largest absolute Gasteiger partial charge is 0.324 e. The number of nitrogens with one attached hydrogen (secondary N) is 2. The van der Waals surface area contributed by atoms with Crippen LogP contribution < -0.4 is 10.0 Å². The van der Waals surface area contributed by atoms with Crippen LogP contribution in [-0.4, -0.2) is 24.3 Å². The van der Waals surface area contributed by atoms with Gasteiger partial charge in [-0.05, 0) is 29.8 Å². The van der Waals surface area contributed by atoms with Crippen molar-refractivity contribution < 1.29 is 17.2 Å². The molecule has 7 nitrogen and oxygen atoms in total. The summed E-state index contributed by atoms with van der Waals surface area (Å²) in [6, 6.07) is 13.7. The number of hydrogen-bond donors (Lipinski definition) is 2. The lowest BCUT2D eigenvalue weighted by molar-refractivity contribution is 0.577. The number of benzene rings is 3. The van der Waals surface area contributed by atoms with E-state index >= 15 is 4.39 Å². The van der Waals surface area contributed by atoms with E-state index in [2.05, 4.69) is 25.0 Å². The Morgan fingerprint density at radius 2 is 1.76 bits per heavy atom. The highest BCUT2D eigenvalue weighted by atomic mass is 32.2. The van der Waals surface area contributed by atoms with Crippen LogP contribution in [-0.2, 0) is 16.6 Å². The third kappa shape index (κ3) is 3.86. The predicted molar refractivity (Wildman–Crippen MR) is 125 cm³/mol. The van der Waals surface area contributed by atoms with Crippen LogP contribution in [0.5, 0.6) is 0 Å². The van der Waals surface area contributed by atoms with Crippen molar-refractivity contribution in [3.05, 3.63) is 95.3 Å². The first-order valence-corrected chi connectivity index (χ1v) is 11.9. The van der Waals surface area contributed by atoms with Gasteiger partial charge in [0, 0.05) is 29.4 Å². The lowest BCUT2D eigenvalue weighted by atomic mass is 9.91. The van der Waals surface area contributed by atoms with Crippen LogP contribution in [0.15, 0.2) is 76.9 Å². The molecule has 5 rings (SSSR count). The summed E-state index contributed by atoms with van der Waals surface area (Å²) in [5.41, 5.74) is 2.39. The monoisotopic (exact) mass is 479 g/mol. The first-order chi connectivity index (χ1) is 16.3. The number of guanidine groups is 1. The molecule has 3 aromatic carbocycles. The molecular formula is C24H19F2N5O2S. The summed E-state index contributed by atoms with van der Waals surface area (Å²) in [6.45, 7) is 1.72. The van der Waals surface area contributed by atoms with E-state index in [9.17, 15) is 12.8 Å². The molecule has 0 saturated carbocycles. The second kappa shape index (κ2) is 8.45. The summed E-state index contributed by atoms with van der Waals surface area (Å²) in [7, 11) is -4.03. The molecule has 1 aromatic heterocycles. The average molecular weight is 480 g/mol. The maximum Gasteiger partial charge on any atom is 0.266 e. The highest BCUT2D eigenvalue weighted by molar-refractivity contribution is 7.90. The molecule has 0 bridgehead atoms. The average Bonchev–Trinajstić information content (AvgIpc) is 2.82. The summed E-state index contributed by atoms with van der Waals surface area (Å²) in [5.74, 6) is -1.98. The smallest absolute Gasteiger partial charge is 0.266 e. The molecule has 1 aliphatic rings. The van der Waals surface area contributed by atoms with E-state index in [1.165, 1.54) is 18.2 Å². The Balaban J connectivity index is 1.57. The Hall–Kier alpha value is -3.92. The Bertz CT molecular complexity index is 1550. The molecule has 34 heavy (non-hydrogen) atoms. The topological polar surface area (TPSA) is 96.3 Å². The number of hydrogen-bond acceptors (Lipinski definition) is 5. The molecule has 0 radical (unpaired) electrons. The van der Waals surface area contributed by atoms with Crippen molar-refractivity contribution in [3.8, 4) is 0 Å². The van der Waals surface area contributed by atoms with Gasteiger partial charge in [-0.15, -0.1) is 0 Å². The molecule has 172 valence electrons. The summed E-state index contributed by atoms with van der Waals surface area (Å²) >= 11 is 0. The normalized spacial score (nSPS) is 16.5. The number of fused-ring (bicyclic) bond motifs is 2. The van der Waals surface area contributed by atoms with Crippen LogP contribution in [0.3, 0.4) is 0 Å². The van der Waals surface area contributed by atoms with Crippen molar-refractivity contribution >= 4 is 32.7 Å². The van der Waals surface area contributed by atoms with Gasteiger partial charge >= 0.3 is 0 Å². The van der Waals surface area contributed by atoms with Gasteiger partial charge in [0.15, 0.2) is 0 Å². The first kappa shape index (κ1) is 21.9. The van der Waals surface area contributed by atoms with Gasteiger partial charge in [0.1, 0.15) is 16.5 Å². The van der Waals surface area contributed by atoms with Gasteiger partial charge in [0.25, 0.3) is 10.0 Å². The minimum atomic E-state index is -4.03. The van der Waals surface area contributed by atoms with Gasteiger partial charge in [0.05, 0.1) is 23.3 Å². The Morgan fingerprint density at radius 1 is 0.971 bits per heavy atom. The van der Waals surface area contributed by atoms with Crippen LogP contribution >= 0.6 is 0 Å². The number of rotatable bonds is 4. The molecule has 10 heteroatoms. The van der Waals surface area contributed by atoms with Gasteiger partial charge < -0.3 is 5.32 Å². The third-order valence-corrected chi connectivity index (χ3v) is 7.09. The number of para-hydroxylation sites is 1. The molecule has 0 aliphatic carbocycles. The van der Waals surface area contributed by atoms with Crippen molar-refractivity contribution in [1.29, 1.82) is 0 Å². The van der Waals surface area contributed by atoms with Gasteiger partial charge in [-0.3, -0.25) is 9.97 Å². The Kier molecular flexibility index (Phi) is 5.45. The van der Waals surface area contributed by atoms with Crippen molar-refractivity contribution in [1.82, 2.24) is 14.7 Å². The maximum atomic E-state index is 15.0. The second-order valence-electron chi connectivity index (χ2n) is 7.81. The number of halogens is 2. The van der Waals surface area contributed by atoms with Crippen LogP contribution in [0.1, 0.15) is 29.5 Å². The lowest BCUT2D eigenvalue weighted by Crippen LogP contribution is -2.41.